The van der Waals surface area contributed by atoms with Gasteiger partial charge in [-0.3, -0.25) is 14.5 Å². The second-order valence-corrected chi connectivity index (χ2v) is 6.36. The molecule has 5 rings (SSSR count). The average Bonchev–Trinajstić information content (AvgIpc) is 3.29. The molecule has 27 heavy (non-hydrogen) atoms. The SMILES string of the molecule is O=C(Cn1ncc2c(=O)oc3ccccc3c21)Nc1ccc2c(c1)CC=N2. The number of hydrogen-bond donors (Lipinski definition) is 1. The van der Waals surface area contributed by atoms with Crippen LogP contribution in [0.3, 0.4) is 0 Å². The number of benzene rings is 2. The molecule has 0 radical (unpaired) electrons. The van der Waals surface area contributed by atoms with Crippen LogP contribution in [0.2, 0.25) is 0 Å². The number of carbonyl (C=O) groups is 1. The number of nitrogens with zero attached hydrogens (tertiary/aromatic N) is 3. The number of amides is 1. The van der Waals surface area contributed by atoms with Gasteiger partial charge in [-0.2, -0.15) is 5.10 Å². The lowest BCUT2D eigenvalue weighted by atomic mass is 10.1. The Balaban J connectivity index is 1.48. The number of carbonyl (C=O) groups excluding carboxylic acids is 1. The van der Waals surface area contributed by atoms with Gasteiger partial charge in [0.1, 0.15) is 17.5 Å². The molecule has 0 saturated carbocycles. The van der Waals surface area contributed by atoms with E-state index >= 15 is 0 Å². The summed E-state index contributed by atoms with van der Waals surface area (Å²) in [6.45, 7) is -0.00939. The molecule has 2 aromatic heterocycles. The van der Waals surface area contributed by atoms with Crippen molar-refractivity contribution in [2.75, 3.05) is 5.32 Å². The van der Waals surface area contributed by atoms with Crippen LogP contribution in [-0.2, 0) is 17.8 Å². The van der Waals surface area contributed by atoms with Crippen LogP contribution < -0.4 is 10.9 Å². The zero-order chi connectivity index (χ0) is 18.4. The normalized spacial score (nSPS) is 12.6. The molecule has 1 aliphatic heterocycles. The van der Waals surface area contributed by atoms with Crippen molar-refractivity contribution in [2.45, 2.75) is 13.0 Å². The summed E-state index contributed by atoms with van der Waals surface area (Å²) in [5, 5.41) is 8.20. The quantitative estimate of drug-likeness (QED) is 0.570. The van der Waals surface area contributed by atoms with E-state index in [1.54, 1.807) is 12.1 Å². The van der Waals surface area contributed by atoms with Crippen LogP contribution in [0.5, 0.6) is 0 Å². The van der Waals surface area contributed by atoms with E-state index in [1.807, 2.05) is 36.5 Å². The molecule has 2 aromatic carbocycles. The molecule has 0 unspecified atom stereocenters. The Morgan fingerprint density at radius 2 is 2.07 bits per heavy atom. The number of aromatic nitrogens is 2. The Hall–Kier alpha value is -3.74. The summed E-state index contributed by atoms with van der Waals surface area (Å²) in [5.74, 6) is -0.226. The van der Waals surface area contributed by atoms with Crippen LogP contribution in [-0.4, -0.2) is 21.9 Å². The van der Waals surface area contributed by atoms with E-state index in [9.17, 15) is 9.59 Å². The van der Waals surface area contributed by atoms with E-state index in [4.69, 9.17) is 4.42 Å². The number of nitrogens with one attached hydrogen (secondary N) is 1. The standard InChI is InChI=1S/C20H14N4O3/c25-18(23-13-5-6-16-12(9-13)7-8-21-16)11-24-19-14-3-1-2-4-17(14)27-20(26)15(19)10-22-24/h1-6,8-10H,7,11H2,(H,23,25). The van der Waals surface area contributed by atoms with Crippen LogP contribution in [0.4, 0.5) is 11.4 Å². The summed E-state index contributed by atoms with van der Waals surface area (Å²) in [6.07, 6.45) is 4.06. The molecule has 3 heterocycles. The van der Waals surface area contributed by atoms with Crippen molar-refractivity contribution in [1.29, 1.82) is 0 Å². The number of aliphatic imine (C=N–C) groups is 1. The first kappa shape index (κ1) is 15.5. The maximum Gasteiger partial charge on any atom is 0.347 e. The topological polar surface area (TPSA) is 89.5 Å². The van der Waals surface area contributed by atoms with Crippen LogP contribution in [0.15, 0.2) is 62.9 Å². The highest BCUT2D eigenvalue weighted by Gasteiger charge is 2.15. The monoisotopic (exact) mass is 358 g/mol. The van der Waals surface area contributed by atoms with Crippen molar-refractivity contribution in [1.82, 2.24) is 9.78 Å². The molecule has 0 atom stereocenters. The molecule has 7 heteroatoms. The van der Waals surface area contributed by atoms with Gasteiger partial charge < -0.3 is 9.73 Å². The summed E-state index contributed by atoms with van der Waals surface area (Å²) >= 11 is 0. The zero-order valence-corrected chi connectivity index (χ0v) is 14.2. The lowest BCUT2D eigenvalue weighted by Gasteiger charge is -2.08. The second-order valence-electron chi connectivity index (χ2n) is 6.36. The molecule has 0 fully saturated rings. The minimum Gasteiger partial charge on any atom is -0.422 e. The molecular formula is C20H14N4O3. The third kappa shape index (κ3) is 2.60. The predicted molar refractivity (Wildman–Crippen MR) is 103 cm³/mol. The Morgan fingerprint density at radius 3 is 3.00 bits per heavy atom. The van der Waals surface area contributed by atoms with Crippen molar-refractivity contribution < 1.29 is 9.21 Å². The minimum atomic E-state index is -0.464. The molecule has 4 aromatic rings. The smallest absolute Gasteiger partial charge is 0.347 e. The fraction of sp³-hybridized carbons (Fsp3) is 0.100. The molecule has 0 bridgehead atoms. The molecule has 1 N–H and O–H groups in total. The molecule has 0 saturated heterocycles. The maximum atomic E-state index is 12.5. The summed E-state index contributed by atoms with van der Waals surface area (Å²) < 4.78 is 6.84. The van der Waals surface area contributed by atoms with Gasteiger partial charge >= 0.3 is 5.63 Å². The highest BCUT2D eigenvalue weighted by atomic mass is 16.4. The Labute approximate surface area is 152 Å². The average molecular weight is 358 g/mol. The van der Waals surface area contributed by atoms with Gasteiger partial charge in [0.05, 0.1) is 17.4 Å². The summed E-state index contributed by atoms with van der Waals surface area (Å²) in [6, 6.07) is 12.8. The van der Waals surface area contributed by atoms with Gasteiger partial charge in [0.2, 0.25) is 5.91 Å². The van der Waals surface area contributed by atoms with Gasteiger partial charge in [0, 0.05) is 23.7 Å². The largest absolute Gasteiger partial charge is 0.422 e. The third-order valence-corrected chi connectivity index (χ3v) is 4.60. The van der Waals surface area contributed by atoms with Gasteiger partial charge in [-0.15, -0.1) is 0 Å². The first-order valence-electron chi connectivity index (χ1n) is 8.52. The van der Waals surface area contributed by atoms with E-state index in [-0.39, 0.29) is 12.5 Å². The summed E-state index contributed by atoms with van der Waals surface area (Å²) in [4.78, 5) is 29.0. The highest BCUT2D eigenvalue weighted by molar-refractivity contribution is 6.02. The van der Waals surface area contributed by atoms with Crippen molar-refractivity contribution in [3.8, 4) is 0 Å². The van der Waals surface area contributed by atoms with Crippen LogP contribution >= 0.6 is 0 Å². The van der Waals surface area contributed by atoms with Crippen molar-refractivity contribution in [3.05, 3.63) is 64.6 Å². The molecule has 1 aliphatic rings. The molecular weight excluding hydrogens is 344 g/mol. The van der Waals surface area contributed by atoms with E-state index < -0.39 is 5.63 Å². The predicted octanol–water partition coefficient (Wildman–Crippen LogP) is 3.04. The zero-order valence-electron chi connectivity index (χ0n) is 14.2. The van der Waals surface area contributed by atoms with Crippen LogP contribution in [0, 0.1) is 0 Å². The van der Waals surface area contributed by atoms with Gasteiger partial charge in [-0.25, -0.2) is 4.79 Å². The molecule has 0 spiro atoms. The van der Waals surface area contributed by atoms with Crippen molar-refractivity contribution in [2.24, 2.45) is 4.99 Å². The fourth-order valence-electron chi connectivity index (χ4n) is 3.38. The maximum absolute atomic E-state index is 12.5. The first-order valence-corrected chi connectivity index (χ1v) is 8.52. The number of rotatable bonds is 3. The molecule has 7 nitrogen and oxygen atoms in total. The van der Waals surface area contributed by atoms with E-state index in [2.05, 4.69) is 15.4 Å². The Bertz CT molecular complexity index is 1300. The van der Waals surface area contributed by atoms with Crippen molar-refractivity contribution >= 4 is 45.4 Å². The molecule has 0 aliphatic carbocycles. The second kappa shape index (κ2) is 5.91. The number of fused-ring (bicyclic) bond motifs is 4. The Kier molecular flexibility index (Phi) is 3.39. The number of hydrogen-bond acceptors (Lipinski definition) is 5. The van der Waals surface area contributed by atoms with Crippen LogP contribution in [0.1, 0.15) is 5.56 Å². The van der Waals surface area contributed by atoms with E-state index in [1.165, 1.54) is 10.9 Å². The molecule has 1 amide bonds. The minimum absolute atomic E-state index is 0.00939. The molecule has 132 valence electrons. The Morgan fingerprint density at radius 1 is 1.19 bits per heavy atom. The lowest BCUT2D eigenvalue weighted by molar-refractivity contribution is -0.116. The van der Waals surface area contributed by atoms with Crippen LogP contribution in [0.25, 0.3) is 21.9 Å². The summed E-state index contributed by atoms with van der Waals surface area (Å²) in [5.41, 5.74) is 3.33. The number of anilines is 1. The van der Waals surface area contributed by atoms with E-state index in [0.29, 0.717) is 22.2 Å². The van der Waals surface area contributed by atoms with Crippen molar-refractivity contribution in [3.63, 3.8) is 0 Å². The summed E-state index contributed by atoms with van der Waals surface area (Å²) in [7, 11) is 0. The van der Waals surface area contributed by atoms with Gasteiger partial charge in [-0.05, 0) is 35.9 Å². The first-order chi connectivity index (χ1) is 13.2. The van der Waals surface area contributed by atoms with Gasteiger partial charge in [0.15, 0.2) is 0 Å². The lowest BCUT2D eigenvalue weighted by Crippen LogP contribution is -2.19. The van der Waals surface area contributed by atoms with Gasteiger partial charge in [0.25, 0.3) is 0 Å². The third-order valence-electron chi connectivity index (χ3n) is 4.60. The number of para-hydroxylation sites is 1. The van der Waals surface area contributed by atoms with E-state index in [0.717, 1.165) is 23.1 Å². The highest BCUT2D eigenvalue weighted by Crippen LogP contribution is 2.27. The van der Waals surface area contributed by atoms with Gasteiger partial charge in [-0.1, -0.05) is 12.1 Å². The fourth-order valence-corrected chi connectivity index (χ4v) is 3.38.